The Morgan fingerprint density at radius 2 is 1.91 bits per heavy atom. The van der Waals surface area contributed by atoms with Gasteiger partial charge in [0.15, 0.2) is 16.6 Å². The van der Waals surface area contributed by atoms with Gasteiger partial charge in [-0.2, -0.15) is 4.98 Å². The number of thiocarbonyl (C=S) groups is 1. The molecule has 2 aromatic carbocycles. The molecule has 9 heteroatoms. The van der Waals surface area contributed by atoms with Gasteiger partial charge in [0.25, 0.3) is 5.89 Å². The monoisotopic (exact) mass is 474 g/mol. The van der Waals surface area contributed by atoms with Crippen molar-refractivity contribution in [3.63, 3.8) is 0 Å². The Hall–Kier alpha value is -3.69. The lowest BCUT2D eigenvalue weighted by Gasteiger charge is -2.37. The second-order valence-electron chi connectivity index (χ2n) is 7.57. The molecule has 0 amide bonds. The third-order valence-corrected chi connectivity index (χ3v) is 6.80. The van der Waals surface area contributed by atoms with Crippen LogP contribution in [0, 0.1) is 0 Å². The quantitative estimate of drug-likeness (QED) is 0.395. The van der Waals surface area contributed by atoms with Crippen molar-refractivity contribution in [2.75, 3.05) is 11.7 Å². The van der Waals surface area contributed by atoms with Crippen molar-refractivity contribution >= 4 is 39.9 Å². The van der Waals surface area contributed by atoms with Crippen LogP contribution >= 0.6 is 23.6 Å². The Morgan fingerprint density at radius 1 is 1.06 bits per heavy atom. The molecule has 0 aliphatic carbocycles. The molecule has 7 nitrogen and oxygen atoms in total. The summed E-state index contributed by atoms with van der Waals surface area (Å²) in [5.41, 5.74) is 3.67. The van der Waals surface area contributed by atoms with Gasteiger partial charge in [0.05, 0.1) is 22.2 Å². The molecule has 0 saturated heterocycles. The minimum absolute atomic E-state index is 0.213. The number of anilines is 1. The maximum atomic E-state index is 5.81. The van der Waals surface area contributed by atoms with Crippen molar-refractivity contribution in [2.45, 2.75) is 13.0 Å². The highest BCUT2D eigenvalue weighted by molar-refractivity contribution is 7.80. The molecule has 1 unspecified atom stereocenters. The van der Waals surface area contributed by atoms with Crippen molar-refractivity contribution in [1.82, 2.24) is 15.5 Å². The predicted octanol–water partition coefficient (Wildman–Crippen LogP) is 5.39. The van der Waals surface area contributed by atoms with Gasteiger partial charge in [-0.15, -0.1) is 11.3 Å². The number of thiophene rings is 1. The molecule has 2 aliphatic rings. The molecule has 0 spiro atoms. The van der Waals surface area contributed by atoms with Gasteiger partial charge in [-0.3, -0.25) is 4.90 Å². The minimum atomic E-state index is -0.236. The molecular weight excluding hydrogens is 456 g/mol. The molecule has 6 rings (SSSR count). The first-order valence-electron chi connectivity index (χ1n) is 10.3. The van der Waals surface area contributed by atoms with Crippen LogP contribution in [0.25, 0.3) is 16.3 Å². The topological polar surface area (TPSA) is 72.7 Å². The Labute approximate surface area is 199 Å². The molecule has 33 heavy (non-hydrogen) atoms. The Bertz CT molecular complexity index is 1370. The molecule has 164 valence electrons. The summed E-state index contributed by atoms with van der Waals surface area (Å²) in [5, 5.41) is 10.3. The number of fused-ring (bicyclic) bond motifs is 1. The van der Waals surface area contributed by atoms with E-state index in [1.165, 1.54) is 0 Å². The zero-order valence-electron chi connectivity index (χ0n) is 17.5. The number of hydrogen-bond donors (Lipinski definition) is 1. The highest BCUT2D eigenvalue weighted by atomic mass is 32.1. The summed E-state index contributed by atoms with van der Waals surface area (Å²) in [6.07, 6.45) is 0. The van der Waals surface area contributed by atoms with E-state index in [9.17, 15) is 0 Å². The summed E-state index contributed by atoms with van der Waals surface area (Å²) in [6.45, 7) is 2.23. The largest absolute Gasteiger partial charge is 0.454 e. The lowest BCUT2D eigenvalue weighted by molar-refractivity contribution is 0.174. The Morgan fingerprint density at radius 3 is 2.73 bits per heavy atom. The van der Waals surface area contributed by atoms with Crippen LogP contribution in [0.5, 0.6) is 11.5 Å². The van der Waals surface area contributed by atoms with Crippen LogP contribution in [0.1, 0.15) is 24.4 Å². The van der Waals surface area contributed by atoms with E-state index in [2.05, 4.69) is 22.6 Å². The van der Waals surface area contributed by atoms with Gasteiger partial charge in [0.2, 0.25) is 12.6 Å². The molecular formula is C24H18N4O3S2. The van der Waals surface area contributed by atoms with Crippen molar-refractivity contribution in [1.29, 1.82) is 0 Å². The second kappa shape index (κ2) is 8.02. The zero-order valence-corrected chi connectivity index (χ0v) is 19.2. The summed E-state index contributed by atoms with van der Waals surface area (Å²) in [6, 6.07) is 19.6. The SMILES string of the molecule is CC1=C(c2nc(-c3cccs3)no2)C(c2ccccc2)NC(=S)N1c1ccc2c(c1)OCO2. The lowest BCUT2D eigenvalue weighted by Crippen LogP contribution is -2.46. The second-order valence-corrected chi connectivity index (χ2v) is 8.90. The first-order chi connectivity index (χ1) is 16.2. The number of rotatable bonds is 4. The number of benzene rings is 2. The standard InChI is InChI=1S/C24H18N4O3S2/c1-14-20(23-26-22(27-31-23)19-8-5-11-33-19)21(15-6-3-2-4-7-15)25-24(32)28(14)16-9-10-17-18(12-16)30-13-29-17/h2-12,21H,13H2,1H3,(H,25,32). The fraction of sp³-hybridized carbons (Fsp3) is 0.125. The normalized spacial score (nSPS) is 17.4. The van der Waals surface area contributed by atoms with Crippen LogP contribution in [0.3, 0.4) is 0 Å². The van der Waals surface area contributed by atoms with E-state index in [1.807, 2.05) is 65.7 Å². The fourth-order valence-electron chi connectivity index (χ4n) is 4.09. The molecule has 1 atom stereocenters. The van der Waals surface area contributed by atoms with Gasteiger partial charge in [-0.05, 0) is 48.3 Å². The number of hydrogen-bond acceptors (Lipinski definition) is 7. The number of nitrogens with one attached hydrogen (secondary N) is 1. The predicted molar refractivity (Wildman–Crippen MR) is 130 cm³/mol. The molecule has 4 heterocycles. The van der Waals surface area contributed by atoms with Crippen LogP contribution in [0.15, 0.2) is 76.3 Å². The van der Waals surface area contributed by atoms with Gasteiger partial charge in [0.1, 0.15) is 0 Å². The maximum absolute atomic E-state index is 5.81. The smallest absolute Gasteiger partial charge is 0.258 e. The molecule has 2 aliphatic heterocycles. The van der Waals surface area contributed by atoms with Crippen molar-refractivity contribution < 1.29 is 14.0 Å². The number of aromatic nitrogens is 2. The number of nitrogens with zero attached hydrogens (tertiary/aromatic N) is 3. The lowest BCUT2D eigenvalue weighted by atomic mass is 9.94. The molecule has 1 N–H and O–H groups in total. The first kappa shape index (κ1) is 20.0. The van der Waals surface area contributed by atoms with Crippen molar-refractivity contribution in [3.05, 3.63) is 83.2 Å². The van der Waals surface area contributed by atoms with Gasteiger partial charge in [0, 0.05) is 11.8 Å². The highest BCUT2D eigenvalue weighted by Crippen LogP contribution is 2.42. The summed E-state index contributed by atoms with van der Waals surface area (Å²) in [4.78, 5) is 7.64. The average Bonchev–Trinajstić information content (AvgIpc) is 3.60. The van der Waals surface area contributed by atoms with E-state index in [4.69, 9.17) is 31.2 Å². The molecule has 0 saturated carbocycles. The van der Waals surface area contributed by atoms with Gasteiger partial charge >= 0.3 is 0 Å². The summed E-state index contributed by atoms with van der Waals surface area (Å²) >= 11 is 7.38. The van der Waals surface area contributed by atoms with Crippen LogP contribution in [0.2, 0.25) is 0 Å². The minimum Gasteiger partial charge on any atom is -0.454 e. The number of allylic oxidation sites excluding steroid dienone is 1. The van der Waals surface area contributed by atoms with E-state index in [1.54, 1.807) is 11.3 Å². The fourth-order valence-corrected chi connectivity index (χ4v) is 5.10. The summed E-state index contributed by atoms with van der Waals surface area (Å²) in [7, 11) is 0. The Balaban J connectivity index is 1.49. The average molecular weight is 475 g/mol. The van der Waals surface area contributed by atoms with Crippen LogP contribution in [0.4, 0.5) is 5.69 Å². The van der Waals surface area contributed by atoms with E-state index in [0.29, 0.717) is 22.6 Å². The highest BCUT2D eigenvalue weighted by Gasteiger charge is 2.35. The summed E-state index contributed by atoms with van der Waals surface area (Å²) in [5.74, 6) is 2.42. The van der Waals surface area contributed by atoms with E-state index in [0.717, 1.165) is 33.1 Å². The third kappa shape index (κ3) is 3.46. The molecule has 0 bridgehead atoms. The van der Waals surface area contributed by atoms with Crippen molar-refractivity contribution in [3.8, 4) is 22.2 Å². The third-order valence-electron chi connectivity index (χ3n) is 5.63. The molecule has 2 aromatic heterocycles. The Kier molecular flexibility index (Phi) is 4.85. The van der Waals surface area contributed by atoms with Crippen LogP contribution < -0.4 is 19.7 Å². The summed E-state index contributed by atoms with van der Waals surface area (Å²) < 4.78 is 16.8. The van der Waals surface area contributed by atoms with Crippen molar-refractivity contribution in [2.24, 2.45) is 0 Å². The van der Waals surface area contributed by atoms with E-state index < -0.39 is 0 Å². The van der Waals surface area contributed by atoms with Gasteiger partial charge in [-0.1, -0.05) is 41.6 Å². The van der Waals surface area contributed by atoms with Crippen LogP contribution in [-0.2, 0) is 0 Å². The van der Waals surface area contributed by atoms with Gasteiger partial charge in [-0.25, -0.2) is 0 Å². The first-order valence-corrected chi connectivity index (χ1v) is 11.6. The molecule has 0 radical (unpaired) electrons. The van der Waals surface area contributed by atoms with Gasteiger partial charge < -0.3 is 19.3 Å². The van der Waals surface area contributed by atoms with E-state index >= 15 is 0 Å². The van der Waals surface area contributed by atoms with Crippen LogP contribution in [-0.4, -0.2) is 22.0 Å². The number of ether oxygens (including phenoxy) is 2. The zero-order chi connectivity index (χ0) is 22.4. The molecule has 4 aromatic rings. The molecule has 0 fully saturated rings. The van der Waals surface area contributed by atoms with E-state index in [-0.39, 0.29) is 12.8 Å². The maximum Gasteiger partial charge on any atom is 0.258 e.